The first-order valence-electron chi connectivity index (χ1n) is 6.08. The van der Waals surface area contributed by atoms with Crippen LogP contribution in [0.2, 0.25) is 0 Å². The molecule has 0 saturated heterocycles. The van der Waals surface area contributed by atoms with E-state index in [1.54, 1.807) is 11.3 Å². The van der Waals surface area contributed by atoms with Gasteiger partial charge in [-0.2, -0.15) is 0 Å². The zero-order chi connectivity index (χ0) is 11.4. The van der Waals surface area contributed by atoms with Gasteiger partial charge in [0.15, 0.2) is 0 Å². The molecule has 16 heavy (non-hydrogen) atoms. The summed E-state index contributed by atoms with van der Waals surface area (Å²) >= 11 is 1.70. The highest BCUT2D eigenvalue weighted by atomic mass is 32.1. The van der Waals surface area contributed by atoms with Crippen LogP contribution in [0.4, 0.5) is 5.13 Å². The smallest absolute Gasteiger partial charge is 0.208 e. The summed E-state index contributed by atoms with van der Waals surface area (Å²) in [5.41, 5.74) is 5.60. The molecule has 0 unspecified atom stereocenters. The molecule has 1 saturated carbocycles. The van der Waals surface area contributed by atoms with Crippen LogP contribution in [0.5, 0.6) is 0 Å². The van der Waals surface area contributed by atoms with Gasteiger partial charge in [0.25, 0.3) is 0 Å². The van der Waals surface area contributed by atoms with Crippen molar-refractivity contribution in [1.82, 2.24) is 10.2 Å². The molecule has 1 fully saturated rings. The number of rotatable bonds is 5. The van der Waals surface area contributed by atoms with E-state index in [0.717, 1.165) is 29.6 Å². The van der Waals surface area contributed by atoms with Gasteiger partial charge in [-0.25, -0.2) is 0 Å². The van der Waals surface area contributed by atoms with Crippen molar-refractivity contribution >= 4 is 16.5 Å². The fraction of sp³-hybridized carbons (Fsp3) is 0.818. The van der Waals surface area contributed by atoms with Crippen molar-refractivity contribution in [3.63, 3.8) is 0 Å². The molecule has 90 valence electrons. The van der Waals surface area contributed by atoms with Gasteiger partial charge in [-0.3, -0.25) is 0 Å². The SMILES string of the molecule is Cc1nnc(N(CCCN)C2CCCC2)s1. The maximum Gasteiger partial charge on any atom is 0.208 e. The van der Waals surface area contributed by atoms with Crippen LogP contribution < -0.4 is 10.6 Å². The van der Waals surface area contributed by atoms with Crippen molar-refractivity contribution in [2.75, 3.05) is 18.0 Å². The number of aromatic nitrogens is 2. The normalized spacial score (nSPS) is 16.9. The van der Waals surface area contributed by atoms with Gasteiger partial charge < -0.3 is 10.6 Å². The van der Waals surface area contributed by atoms with Gasteiger partial charge in [-0.1, -0.05) is 24.2 Å². The highest BCUT2D eigenvalue weighted by molar-refractivity contribution is 7.15. The topological polar surface area (TPSA) is 55.0 Å². The van der Waals surface area contributed by atoms with Gasteiger partial charge in [0.05, 0.1) is 0 Å². The zero-order valence-electron chi connectivity index (χ0n) is 9.85. The van der Waals surface area contributed by atoms with Crippen molar-refractivity contribution in [3.8, 4) is 0 Å². The lowest BCUT2D eigenvalue weighted by molar-refractivity contribution is 0.589. The average Bonchev–Trinajstić information content (AvgIpc) is 2.91. The molecule has 0 aliphatic heterocycles. The Bertz CT molecular complexity index is 320. The summed E-state index contributed by atoms with van der Waals surface area (Å²) in [6, 6.07) is 0.666. The third-order valence-corrected chi connectivity index (χ3v) is 4.01. The largest absolute Gasteiger partial charge is 0.344 e. The lowest BCUT2D eigenvalue weighted by Gasteiger charge is -2.27. The van der Waals surface area contributed by atoms with Crippen molar-refractivity contribution in [2.24, 2.45) is 5.73 Å². The summed E-state index contributed by atoms with van der Waals surface area (Å²) in [7, 11) is 0. The molecule has 2 N–H and O–H groups in total. The monoisotopic (exact) mass is 240 g/mol. The van der Waals surface area contributed by atoms with Gasteiger partial charge in [-0.05, 0) is 32.7 Å². The third-order valence-electron chi connectivity index (χ3n) is 3.13. The number of nitrogens with two attached hydrogens (primary N) is 1. The molecule has 0 bridgehead atoms. The van der Waals surface area contributed by atoms with Crippen LogP contribution in [0.1, 0.15) is 37.1 Å². The van der Waals surface area contributed by atoms with E-state index >= 15 is 0 Å². The number of hydrogen-bond donors (Lipinski definition) is 1. The van der Waals surface area contributed by atoms with Gasteiger partial charge in [0.1, 0.15) is 5.01 Å². The molecule has 0 spiro atoms. The van der Waals surface area contributed by atoms with Crippen LogP contribution in [-0.2, 0) is 0 Å². The molecule has 0 amide bonds. The van der Waals surface area contributed by atoms with Crippen molar-refractivity contribution in [3.05, 3.63) is 5.01 Å². The molecular weight excluding hydrogens is 220 g/mol. The number of nitrogens with zero attached hydrogens (tertiary/aromatic N) is 3. The maximum absolute atomic E-state index is 5.60. The van der Waals surface area contributed by atoms with Crippen LogP contribution in [0.25, 0.3) is 0 Å². The van der Waals surface area contributed by atoms with Crippen LogP contribution in [0, 0.1) is 6.92 Å². The quantitative estimate of drug-likeness (QED) is 0.854. The molecular formula is C11H20N4S. The Balaban J connectivity index is 2.06. The van der Waals surface area contributed by atoms with Crippen molar-refractivity contribution in [2.45, 2.75) is 45.1 Å². The van der Waals surface area contributed by atoms with E-state index in [4.69, 9.17) is 5.73 Å². The predicted octanol–water partition coefficient (Wildman–Crippen LogP) is 1.94. The van der Waals surface area contributed by atoms with Crippen molar-refractivity contribution in [1.29, 1.82) is 0 Å². The third kappa shape index (κ3) is 2.71. The molecule has 0 radical (unpaired) electrons. The van der Waals surface area contributed by atoms with E-state index in [-0.39, 0.29) is 0 Å². The van der Waals surface area contributed by atoms with Crippen LogP contribution in [0.3, 0.4) is 0 Å². The first-order valence-corrected chi connectivity index (χ1v) is 6.89. The maximum atomic E-state index is 5.60. The molecule has 2 rings (SSSR count). The minimum absolute atomic E-state index is 0.666. The second-order valence-electron chi connectivity index (χ2n) is 4.38. The molecule has 1 aliphatic carbocycles. The van der Waals surface area contributed by atoms with E-state index < -0.39 is 0 Å². The first-order chi connectivity index (χ1) is 7.81. The summed E-state index contributed by atoms with van der Waals surface area (Å²) in [4.78, 5) is 2.42. The lowest BCUT2D eigenvalue weighted by atomic mass is 10.2. The van der Waals surface area contributed by atoms with E-state index in [1.165, 1.54) is 25.7 Å². The van der Waals surface area contributed by atoms with Crippen LogP contribution >= 0.6 is 11.3 Å². The van der Waals surface area contributed by atoms with E-state index in [0.29, 0.717) is 6.04 Å². The summed E-state index contributed by atoms with van der Waals surface area (Å²) < 4.78 is 0. The minimum Gasteiger partial charge on any atom is -0.344 e. The number of aryl methyl sites for hydroxylation is 1. The Morgan fingerprint density at radius 1 is 1.38 bits per heavy atom. The van der Waals surface area contributed by atoms with Crippen molar-refractivity contribution < 1.29 is 0 Å². The summed E-state index contributed by atoms with van der Waals surface area (Å²) in [5.74, 6) is 0. The Labute approximate surface area is 101 Å². The van der Waals surface area contributed by atoms with E-state index in [9.17, 15) is 0 Å². The fourth-order valence-electron chi connectivity index (χ4n) is 2.31. The lowest BCUT2D eigenvalue weighted by Crippen LogP contribution is -2.35. The predicted molar refractivity (Wildman–Crippen MR) is 67.9 cm³/mol. The second kappa shape index (κ2) is 5.59. The molecule has 1 aromatic rings. The first kappa shape index (κ1) is 11.8. The van der Waals surface area contributed by atoms with Crippen LogP contribution in [0.15, 0.2) is 0 Å². The van der Waals surface area contributed by atoms with Gasteiger partial charge in [0, 0.05) is 12.6 Å². The minimum atomic E-state index is 0.666. The number of anilines is 1. The molecule has 1 aromatic heterocycles. The summed E-state index contributed by atoms with van der Waals surface area (Å²) in [6.45, 7) is 3.79. The molecule has 0 atom stereocenters. The standard InChI is InChI=1S/C11H20N4S/c1-9-13-14-11(16-9)15(8-4-7-12)10-5-2-3-6-10/h10H,2-8,12H2,1H3. The molecule has 0 aromatic carbocycles. The Hall–Kier alpha value is -0.680. The number of hydrogen-bond acceptors (Lipinski definition) is 5. The summed E-state index contributed by atoms with van der Waals surface area (Å²) in [6.07, 6.45) is 6.32. The van der Waals surface area contributed by atoms with Crippen LogP contribution in [-0.4, -0.2) is 29.3 Å². The van der Waals surface area contributed by atoms with E-state index in [2.05, 4.69) is 15.1 Å². The average molecular weight is 240 g/mol. The Morgan fingerprint density at radius 3 is 2.69 bits per heavy atom. The summed E-state index contributed by atoms with van der Waals surface area (Å²) in [5, 5.41) is 10.5. The Morgan fingerprint density at radius 2 is 2.12 bits per heavy atom. The highest BCUT2D eigenvalue weighted by Gasteiger charge is 2.24. The Kier molecular flexibility index (Phi) is 4.12. The molecule has 1 heterocycles. The van der Waals surface area contributed by atoms with E-state index in [1.807, 2.05) is 6.92 Å². The second-order valence-corrected chi connectivity index (χ2v) is 5.54. The zero-order valence-corrected chi connectivity index (χ0v) is 10.7. The molecule has 5 heteroatoms. The van der Waals surface area contributed by atoms with Gasteiger partial charge >= 0.3 is 0 Å². The van der Waals surface area contributed by atoms with Gasteiger partial charge in [0.2, 0.25) is 5.13 Å². The molecule has 1 aliphatic rings. The molecule has 4 nitrogen and oxygen atoms in total. The highest BCUT2D eigenvalue weighted by Crippen LogP contribution is 2.30. The fourth-order valence-corrected chi connectivity index (χ4v) is 3.10. The van der Waals surface area contributed by atoms with Gasteiger partial charge in [-0.15, -0.1) is 10.2 Å².